The van der Waals surface area contributed by atoms with Crippen LogP contribution in [0.4, 0.5) is 11.4 Å². The van der Waals surface area contributed by atoms with Crippen LogP contribution < -0.4 is 16.0 Å². The normalized spacial score (nSPS) is 20.2. The molecule has 1 heterocycles. The van der Waals surface area contributed by atoms with Crippen LogP contribution in [0, 0.1) is 12.3 Å². The molecule has 0 bridgehead atoms. The molecular weight excluding hydrogens is 262 g/mol. The van der Waals surface area contributed by atoms with Gasteiger partial charge in [0.2, 0.25) is 5.91 Å². The molecule has 1 aromatic carbocycles. The molecule has 1 aromatic rings. The van der Waals surface area contributed by atoms with Gasteiger partial charge in [-0.25, -0.2) is 0 Å². The van der Waals surface area contributed by atoms with Gasteiger partial charge in [0, 0.05) is 31.0 Å². The molecule has 114 valence electrons. The van der Waals surface area contributed by atoms with Crippen molar-refractivity contribution in [3.8, 4) is 0 Å². The summed E-state index contributed by atoms with van der Waals surface area (Å²) in [5.41, 5.74) is 8.79. The number of nitrogens with zero attached hydrogens (tertiary/aromatic N) is 1. The van der Waals surface area contributed by atoms with Gasteiger partial charge in [0.25, 0.3) is 0 Å². The minimum atomic E-state index is -0.319. The number of anilines is 2. The molecule has 0 unspecified atom stereocenters. The van der Waals surface area contributed by atoms with Crippen molar-refractivity contribution in [2.45, 2.75) is 39.0 Å². The van der Waals surface area contributed by atoms with Crippen LogP contribution in [0.3, 0.4) is 0 Å². The van der Waals surface area contributed by atoms with Gasteiger partial charge in [0.1, 0.15) is 0 Å². The fraction of sp³-hybridized carbons (Fsp3) is 0.588. The number of rotatable bonds is 4. The molecule has 1 saturated heterocycles. The molecule has 0 radical (unpaired) electrons. The SMILES string of the molecule is Cc1cc(N2CCCC2)ccc1NC(=O)C1(CN)CCC1. The molecule has 1 aliphatic heterocycles. The lowest BCUT2D eigenvalue weighted by molar-refractivity contribution is -0.129. The number of hydrogen-bond acceptors (Lipinski definition) is 3. The number of aryl methyl sites for hydroxylation is 1. The van der Waals surface area contributed by atoms with Crippen molar-refractivity contribution >= 4 is 17.3 Å². The molecule has 0 spiro atoms. The van der Waals surface area contributed by atoms with Crippen LogP contribution in [-0.4, -0.2) is 25.5 Å². The summed E-state index contributed by atoms with van der Waals surface area (Å²) in [6.45, 7) is 4.79. The maximum absolute atomic E-state index is 12.4. The highest BCUT2D eigenvalue weighted by Crippen LogP contribution is 2.41. The van der Waals surface area contributed by atoms with Gasteiger partial charge >= 0.3 is 0 Å². The van der Waals surface area contributed by atoms with E-state index in [-0.39, 0.29) is 11.3 Å². The highest BCUT2D eigenvalue weighted by Gasteiger charge is 2.42. The van der Waals surface area contributed by atoms with Crippen molar-refractivity contribution in [3.05, 3.63) is 23.8 Å². The summed E-state index contributed by atoms with van der Waals surface area (Å²) in [6, 6.07) is 6.32. The zero-order valence-corrected chi connectivity index (χ0v) is 12.8. The summed E-state index contributed by atoms with van der Waals surface area (Å²) in [5.74, 6) is 0.0910. The van der Waals surface area contributed by atoms with E-state index < -0.39 is 0 Å². The lowest BCUT2D eigenvalue weighted by Crippen LogP contribution is -2.47. The molecule has 1 aliphatic carbocycles. The van der Waals surface area contributed by atoms with Gasteiger partial charge in [-0.2, -0.15) is 0 Å². The Balaban J connectivity index is 1.72. The first-order valence-corrected chi connectivity index (χ1v) is 8.02. The van der Waals surface area contributed by atoms with E-state index >= 15 is 0 Å². The zero-order valence-electron chi connectivity index (χ0n) is 12.8. The van der Waals surface area contributed by atoms with Crippen LogP contribution in [0.5, 0.6) is 0 Å². The minimum absolute atomic E-state index is 0.0910. The van der Waals surface area contributed by atoms with Crippen LogP contribution in [0.1, 0.15) is 37.7 Å². The number of nitrogens with one attached hydrogen (secondary N) is 1. The van der Waals surface area contributed by atoms with Crippen molar-refractivity contribution in [2.24, 2.45) is 11.1 Å². The van der Waals surface area contributed by atoms with Gasteiger partial charge in [-0.15, -0.1) is 0 Å². The van der Waals surface area contributed by atoms with Crippen molar-refractivity contribution < 1.29 is 4.79 Å². The Morgan fingerprint density at radius 2 is 2.00 bits per heavy atom. The molecule has 3 rings (SSSR count). The third kappa shape index (κ3) is 2.64. The van der Waals surface area contributed by atoms with Crippen molar-refractivity contribution in [1.82, 2.24) is 0 Å². The largest absolute Gasteiger partial charge is 0.372 e. The highest BCUT2D eigenvalue weighted by molar-refractivity contribution is 5.96. The second-order valence-electron chi connectivity index (χ2n) is 6.49. The molecule has 4 nitrogen and oxygen atoms in total. The lowest BCUT2D eigenvalue weighted by Gasteiger charge is -2.39. The maximum Gasteiger partial charge on any atom is 0.231 e. The highest BCUT2D eigenvalue weighted by atomic mass is 16.2. The Hall–Kier alpha value is -1.55. The lowest BCUT2D eigenvalue weighted by atomic mass is 9.68. The predicted octanol–water partition coefficient (Wildman–Crippen LogP) is 2.66. The summed E-state index contributed by atoms with van der Waals surface area (Å²) in [4.78, 5) is 14.8. The molecule has 2 fully saturated rings. The van der Waals surface area contributed by atoms with E-state index in [0.29, 0.717) is 6.54 Å². The number of carbonyl (C=O) groups excluding carboxylic acids is 1. The summed E-state index contributed by atoms with van der Waals surface area (Å²) in [5, 5.41) is 3.08. The standard InChI is InChI=1S/C17H25N3O/c1-13-11-14(20-9-2-3-10-20)5-6-15(13)19-16(21)17(12-18)7-4-8-17/h5-6,11H,2-4,7-10,12,18H2,1H3,(H,19,21). The van der Waals surface area contributed by atoms with Crippen LogP contribution in [0.2, 0.25) is 0 Å². The Bertz CT molecular complexity index is 525. The topological polar surface area (TPSA) is 58.4 Å². The first-order chi connectivity index (χ1) is 10.1. The number of hydrogen-bond donors (Lipinski definition) is 2. The van der Waals surface area contributed by atoms with Gasteiger partial charge in [0.05, 0.1) is 5.41 Å². The second-order valence-corrected chi connectivity index (χ2v) is 6.49. The average molecular weight is 287 g/mol. The fourth-order valence-corrected chi connectivity index (χ4v) is 3.34. The molecule has 0 atom stereocenters. The fourth-order valence-electron chi connectivity index (χ4n) is 3.34. The molecule has 0 aromatic heterocycles. The van der Waals surface area contributed by atoms with E-state index in [9.17, 15) is 4.79 Å². The minimum Gasteiger partial charge on any atom is -0.372 e. The third-order valence-electron chi connectivity index (χ3n) is 5.11. The van der Waals surface area contributed by atoms with Crippen LogP contribution in [0.25, 0.3) is 0 Å². The second kappa shape index (κ2) is 5.68. The van der Waals surface area contributed by atoms with E-state index in [1.165, 1.54) is 18.5 Å². The molecule has 1 saturated carbocycles. The summed E-state index contributed by atoms with van der Waals surface area (Å²) in [6.07, 6.45) is 5.49. The number of amides is 1. The van der Waals surface area contributed by atoms with E-state index in [1.807, 2.05) is 6.07 Å². The first kappa shape index (κ1) is 14.4. The molecule has 2 aliphatic rings. The Morgan fingerprint density at radius 3 is 2.52 bits per heavy atom. The van der Waals surface area contributed by atoms with Crippen LogP contribution in [-0.2, 0) is 4.79 Å². The van der Waals surface area contributed by atoms with Crippen molar-refractivity contribution in [2.75, 3.05) is 29.9 Å². The monoisotopic (exact) mass is 287 g/mol. The number of nitrogens with two attached hydrogens (primary N) is 1. The van der Waals surface area contributed by atoms with Gasteiger partial charge < -0.3 is 16.0 Å². The summed E-state index contributed by atoms with van der Waals surface area (Å²) < 4.78 is 0. The number of carbonyl (C=O) groups is 1. The Labute approximate surface area is 126 Å². The zero-order chi connectivity index (χ0) is 14.9. The first-order valence-electron chi connectivity index (χ1n) is 8.02. The van der Waals surface area contributed by atoms with Crippen LogP contribution in [0.15, 0.2) is 18.2 Å². The van der Waals surface area contributed by atoms with E-state index in [2.05, 4.69) is 29.3 Å². The smallest absolute Gasteiger partial charge is 0.231 e. The molecular formula is C17H25N3O. The summed E-state index contributed by atoms with van der Waals surface area (Å²) in [7, 11) is 0. The average Bonchev–Trinajstić information content (AvgIpc) is 2.94. The van der Waals surface area contributed by atoms with Crippen LogP contribution >= 0.6 is 0 Å². The molecule has 4 heteroatoms. The van der Waals surface area contributed by atoms with E-state index in [4.69, 9.17) is 5.73 Å². The molecule has 1 amide bonds. The maximum atomic E-state index is 12.4. The van der Waals surface area contributed by atoms with Crippen molar-refractivity contribution in [3.63, 3.8) is 0 Å². The Morgan fingerprint density at radius 1 is 1.29 bits per heavy atom. The predicted molar refractivity (Wildman–Crippen MR) is 86.6 cm³/mol. The molecule has 3 N–H and O–H groups in total. The van der Waals surface area contributed by atoms with E-state index in [0.717, 1.165) is 43.6 Å². The van der Waals surface area contributed by atoms with E-state index in [1.54, 1.807) is 0 Å². The molecule has 21 heavy (non-hydrogen) atoms. The van der Waals surface area contributed by atoms with Gasteiger partial charge in [-0.3, -0.25) is 4.79 Å². The Kier molecular flexibility index (Phi) is 3.89. The van der Waals surface area contributed by atoms with Gasteiger partial charge in [0.15, 0.2) is 0 Å². The van der Waals surface area contributed by atoms with Crippen molar-refractivity contribution in [1.29, 1.82) is 0 Å². The number of benzene rings is 1. The third-order valence-corrected chi connectivity index (χ3v) is 5.11. The quantitative estimate of drug-likeness (QED) is 0.895. The van der Waals surface area contributed by atoms with Gasteiger partial charge in [-0.1, -0.05) is 6.42 Å². The van der Waals surface area contributed by atoms with Gasteiger partial charge in [-0.05, 0) is 56.4 Å². The summed E-state index contributed by atoms with van der Waals surface area (Å²) >= 11 is 0.